The number of aromatic nitrogens is 4. The Kier molecular flexibility index (Phi) is 5.43. The van der Waals surface area contributed by atoms with Crippen molar-refractivity contribution < 1.29 is 4.74 Å². The number of ether oxygens (including phenoxy) is 1. The minimum Gasteiger partial charge on any atom is -0.454 e. The van der Waals surface area contributed by atoms with Crippen molar-refractivity contribution in [3.63, 3.8) is 0 Å². The fraction of sp³-hybridized carbons (Fsp3) is 0.143. The van der Waals surface area contributed by atoms with E-state index in [1.807, 2.05) is 13.8 Å². The molecule has 0 aliphatic heterocycles. The lowest BCUT2D eigenvalue weighted by Crippen LogP contribution is -2.30. The number of pyridine rings is 1. The van der Waals surface area contributed by atoms with Gasteiger partial charge in [0.2, 0.25) is 5.56 Å². The molecule has 4 aromatic rings. The molecule has 0 aliphatic carbocycles. The minimum atomic E-state index is -0.724. The zero-order chi connectivity index (χ0) is 22.3. The molecule has 0 unspecified atom stereocenters. The molecule has 0 radical (unpaired) electrons. The van der Waals surface area contributed by atoms with Gasteiger partial charge < -0.3 is 9.72 Å². The van der Waals surface area contributed by atoms with Gasteiger partial charge in [0, 0.05) is 17.0 Å². The Balaban J connectivity index is 1.76. The van der Waals surface area contributed by atoms with Gasteiger partial charge in [0.25, 0.3) is 5.56 Å². The summed E-state index contributed by atoms with van der Waals surface area (Å²) in [7, 11) is 0. The average molecular weight is 459 g/mol. The number of nitrogens with one attached hydrogen (secondary N) is 2. The monoisotopic (exact) mass is 458 g/mol. The first kappa shape index (κ1) is 20.9. The van der Waals surface area contributed by atoms with Gasteiger partial charge in [0.15, 0.2) is 5.75 Å². The normalized spacial score (nSPS) is 11.3. The first-order chi connectivity index (χ1) is 14.7. The number of aromatic amines is 2. The Morgan fingerprint density at radius 3 is 2.32 bits per heavy atom. The number of benzene rings is 2. The first-order valence-corrected chi connectivity index (χ1v) is 10.0. The van der Waals surface area contributed by atoms with Crippen molar-refractivity contribution in [2.45, 2.75) is 19.8 Å². The van der Waals surface area contributed by atoms with Crippen LogP contribution in [0.4, 0.5) is 0 Å². The van der Waals surface area contributed by atoms with Crippen molar-refractivity contribution in [1.29, 1.82) is 0 Å². The molecule has 0 spiro atoms. The second-order valence-electron chi connectivity index (χ2n) is 7.14. The molecule has 0 saturated heterocycles. The third-order valence-electron chi connectivity index (χ3n) is 4.63. The van der Waals surface area contributed by atoms with E-state index < -0.39 is 11.2 Å². The highest BCUT2D eigenvalue weighted by Crippen LogP contribution is 2.39. The van der Waals surface area contributed by atoms with Crippen molar-refractivity contribution in [1.82, 2.24) is 19.7 Å². The number of rotatable bonds is 4. The van der Waals surface area contributed by atoms with Gasteiger partial charge in [0.05, 0.1) is 15.7 Å². The molecule has 0 aliphatic rings. The summed E-state index contributed by atoms with van der Waals surface area (Å²) < 4.78 is 6.89. The SMILES string of the molecule is CC(C)c1cc(=O)[nH]c2ccc(Oc3c(Cl)cc(-n4ncc(=O)[nH]c4=O)cc3Cl)cc12. The van der Waals surface area contributed by atoms with Crippen molar-refractivity contribution in [3.8, 4) is 17.2 Å². The van der Waals surface area contributed by atoms with Crippen LogP contribution in [0.25, 0.3) is 16.6 Å². The van der Waals surface area contributed by atoms with Crippen LogP contribution >= 0.6 is 23.2 Å². The molecule has 0 fully saturated rings. The van der Waals surface area contributed by atoms with Gasteiger partial charge >= 0.3 is 5.69 Å². The maximum atomic E-state index is 12.0. The van der Waals surface area contributed by atoms with E-state index in [-0.39, 0.29) is 33.0 Å². The van der Waals surface area contributed by atoms with Crippen LogP contribution in [0.2, 0.25) is 10.0 Å². The smallest absolute Gasteiger partial charge is 0.349 e. The van der Waals surface area contributed by atoms with E-state index in [1.54, 1.807) is 24.3 Å². The highest BCUT2D eigenvalue weighted by atomic mass is 35.5. The van der Waals surface area contributed by atoms with Gasteiger partial charge in [-0.15, -0.1) is 0 Å². The van der Waals surface area contributed by atoms with E-state index >= 15 is 0 Å². The van der Waals surface area contributed by atoms with E-state index in [0.717, 1.165) is 21.8 Å². The highest BCUT2D eigenvalue weighted by molar-refractivity contribution is 6.37. The van der Waals surface area contributed by atoms with Crippen molar-refractivity contribution in [2.75, 3.05) is 0 Å². The van der Waals surface area contributed by atoms with Gasteiger partial charge in [-0.05, 0) is 41.8 Å². The maximum Gasteiger partial charge on any atom is 0.349 e. The number of nitrogens with zero attached hydrogens (tertiary/aromatic N) is 2. The third-order valence-corrected chi connectivity index (χ3v) is 5.19. The van der Waals surface area contributed by atoms with Crippen LogP contribution in [0.1, 0.15) is 25.3 Å². The van der Waals surface area contributed by atoms with Gasteiger partial charge in [-0.3, -0.25) is 14.6 Å². The zero-order valence-corrected chi connectivity index (χ0v) is 17.9. The molecule has 2 aromatic heterocycles. The molecule has 158 valence electrons. The lowest BCUT2D eigenvalue weighted by molar-refractivity contribution is 0.483. The fourth-order valence-corrected chi connectivity index (χ4v) is 3.77. The maximum absolute atomic E-state index is 12.0. The predicted molar refractivity (Wildman–Crippen MR) is 119 cm³/mol. The van der Waals surface area contributed by atoms with Crippen LogP contribution in [0.15, 0.2) is 57.0 Å². The number of H-pyrrole nitrogens is 2. The van der Waals surface area contributed by atoms with Gasteiger partial charge in [0.1, 0.15) is 11.9 Å². The van der Waals surface area contributed by atoms with E-state index in [2.05, 4.69) is 15.1 Å². The van der Waals surface area contributed by atoms with Gasteiger partial charge in [-0.2, -0.15) is 9.78 Å². The summed E-state index contributed by atoms with van der Waals surface area (Å²) in [6.07, 6.45) is 0.972. The summed E-state index contributed by atoms with van der Waals surface area (Å²) in [5, 5.41) is 4.92. The molecule has 4 rings (SSSR count). The Morgan fingerprint density at radius 2 is 1.68 bits per heavy atom. The number of hydrogen-bond donors (Lipinski definition) is 2. The van der Waals surface area contributed by atoms with Crippen LogP contribution in [0.5, 0.6) is 11.5 Å². The van der Waals surface area contributed by atoms with E-state index in [4.69, 9.17) is 27.9 Å². The molecule has 0 amide bonds. The molecule has 0 atom stereocenters. The molecular formula is C21H16Cl2N4O4. The van der Waals surface area contributed by atoms with E-state index in [9.17, 15) is 14.4 Å². The Hall–Kier alpha value is -3.36. The molecule has 0 saturated carbocycles. The van der Waals surface area contributed by atoms with Crippen LogP contribution in [0.3, 0.4) is 0 Å². The summed E-state index contributed by atoms with van der Waals surface area (Å²) in [5.74, 6) is 0.798. The number of halogens is 2. The van der Waals surface area contributed by atoms with Crippen LogP contribution < -0.4 is 21.5 Å². The molecule has 2 heterocycles. The van der Waals surface area contributed by atoms with Crippen LogP contribution in [-0.2, 0) is 0 Å². The topological polar surface area (TPSA) is 110 Å². The Bertz CT molecular complexity index is 1460. The third kappa shape index (κ3) is 4.12. The lowest BCUT2D eigenvalue weighted by atomic mass is 9.99. The predicted octanol–water partition coefficient (Wildman–Crippen LogP) is 3.98. The molecule has 0 bridgehead atoms. The lowest BCUT2D eigenvalue weighted by Gasteiger charge is -2.14. The zero-order valence-electron chi connectivity index (χ0n) is 16.4. The second-order valence-corrected chi connectivity index (χ2v) is 7.96. The van der Waals surface area contributed by atoms with Gasteiger partial charge in [-0.25, -0.2) is 4.79 Å². The highest BCUT2D eigenvalue weighted by Gasteiger charge is 2.15. The first-order valence-electron chi connectivity index (χ1n) is 9.26. The number of fused-ring (bicyclic) bond motifs is 1. The summed E-state index contributed by atoms with van der Waals surface area (Å²) in [4.78, 5) is 40.0. The standard InChI is InChI=1S/C21H16Cl2N4O4/c1-10(2)13-8-18(28)25-17-4-3-12(7-14(13)17)31-20-15(22)5-11(6-16(20)23)27-21(30)26-19(29)9-24-27/h3-10H,1-2H3,(H,25,28)(H,26,29,30). The molecule has 10 heteroatoms. The van der Waals surface area contributed by atoms with E-state index in [0.29, 0.717) is 11.3 Å². The Labute approximate surface area is 185 Å². The quantitative estimate of drug-likeness (QED) is 0.480. The summed E-state index contributed by atoms with van der Waals surface area (Å²) >= 11 is 12.7. The van der Waals surface area contributed by atoms with Crippen LogP contribution in [0, 0.1) is 0 Å². The summed E-state index contributed by atoms with van der Waals surface area (Å²) in [5.41, 5.74) is 0.342. The largest absolute Gasteiger partial charge is 0.454 e. The second kappa shape index (κ2) is 8.05. The van der Waals surface area contributed by atoms with Crippen molar-refractivity contribution >= 4 is 34.1 Å². The van der Waals surface area contributed by atoms with Gasteiger partial charge in [-0.1, -0.05) is 37.0 Å². The average Bonchev–Trinajstić information content (AvgIpc) is 2.70. The molecule has 31 heavy (non-hydrogen) atoms. The molecule has 2 aromatic carbocycles. The van der Waals surface area contributed by atoms with Crippen LogP contribution in [-0.4, -0.2) is 19.7 Å². The molecule has 8 nitrogen and oxygen atoms in total. The molecule has 2 N–H and O–H groups in total. The summed E-state index contributed by atoms with van der Waals surface area (Å²) in [6.45, 7) is 4.00. The van der Waals surface area contributed by atoms with Crippen molar-refractivity contribution in [3.05, 3.63) is 89.4 Å². The number of hydrogen-bond acceptors (Lipinski definition) is 5. The minimum absolute atomic E-state index is 0.134. The van der Waals surface area contributed by atoms with Crippen molar-refractivity contribution in [2.24, 2.45) is 0 Å². The summed E-state index contributed by atoms with van der Waals surface area (Å²) in [6, 6.07) is 9.71. The fourth-order valence-electron chi connectivity index (χ4n) is 3.22. The Morgan fingerprint density at radius 1 is 0.968 bits per heavy atom. The van der Waals surface area contributed by atoms with E-state index in [1.165, 1.54) is 12.1 Å². The molecular weight excluding hydrogens is 443 g/mol.